The van der Waals surface area contributed by atoms with E-state index >= 15 is 0 Å². The number of carbonyl (C=O) groups is 1. The number of benzene rings is 1. The summed E-state index contributed by atoms with van der Waals surface area (Å²) in [6.45, 7) is 3.52. The molecule has 0 radical (unpaired) electrons. The Kier molecular flexibility index (Phi) is 4.87. The number of rotatable bonds is 6. The average molecular weight is 422 g/mol. The zero-order valence-corrected chi connectivity index (χ0v) is 18.1. The summed E-state index contributed by atoms with van der Waals surface area (Å²) in [5.74, 6) is 0.637. The predicted octanol–water partition coefficient (Wildman–Crippen LogP) is 3.15. The maximum Gasteiger partial charge on any atom is 0.263 e. The van der Waals surface area contributed by atoms with Crippen LogP contribution < -0.4 is 21.3 Å². The van der Waals surface area contributed by atoms with Crippen molar-refractivity contribution in [2.45, 2.75) is 31.8 Å². The molecule has 5 rings (SSSR count). The first kappa shape index (κ1) is 19.3. The Morgan fingerprint density at radius 2 is 2.07 bits per heavy atom. The lowest BCUT2D eigenvalue weighted by molar-refractivity contribution is 0.0959. The summed E-state index contributed by atoms with van der Waals surface area (Å²) < 4.78 is 0. The topological polar surface area (TPSA) is 83.3 Å². The smallest absolute Gasteiger partial charge is 0.263 e. The first-order valence-corrected chi connectivity index (χ1v) is 11.3. The molecule has 1 aromatic carbocycles. The minimum atomic E-state index is -0.0533. The van der Waals surface area contributed by atoms with Crippen LogP contribution in [0.5, 0.6) is 0 Å². The molecule has 2 aromatic heterocycles. The van der Waals surface area contributed by atoms with Crippen LogP contribution in [0.25, 0.3) is 10.2 Å². The van der Waals surface area contributed by atoms with Gasteiger partial charge in [0, 0.05) is 49.0 Å². The Balaban J connectivity index is 1.21. The summed E-state index contributed by atoms with van der Waals surface area (Å²) in [7, 11) is 1.84. The molecular weight excluding hydrogens is 394 g/mol. The molecule has 0 spiro atoms. The van der Waals surface area contributed by atoms with E-state index in [4.69, 9.17) is 5.73 Å². The largest absolute Gasteiger partial charge is 0.386 e. The lowest BCUT2D eigenvalue weighted by atomic mass is 10.1. The van der Waals surface area contributed by atoms with Crippen molar-refractivity contribution < 1.29 is 4.79 Å². The highest BCUT2D eigenvalue weighted by Gasteiger charge is 2.51. The van der Waals surface area contributed by atoms with Gasteiger partial charge in [0.2, 0.25) is 0 Å². The molecule has 1 aliphatic heterocycles. The van der Waals surface area contributed by atoms with Crippen LogP contribution in [-0.2, 0) is 6.42 Å². The van der Waals surface area contributed by atoms with E-state index in [1.54, 1.807) is 0 Å². The molecule has 6 nitrogen and oxygen atoms in total. The maximum atomic E-state index is 12.8. The van der Waals surface area contributed by atoms with Gasteiger partial charge >= 0.3 is 0 Å². The molecule has 0 bridgehead atoms. The van der Waals surface area contributed by atoms with Crippen LogP contribution in [0.4, 0.5) is 11.4 Å². The number of amides is 1. The van der Waals surface area contributed by atoms with Crippen LogP contribution in [0.1, 0.15) is 27.3 Å². The Morgan fingerprint density at radius 3 is 2.73 bits per heavy atom. The second kappa shape index (κ2) is 7.56. The molecule has 7 heteroatoms. The summed E-state index contributed by atoms with van der Waals surface area (Å²) in [5.41, 5.74) is 10.5. The molecule has 3 atom stereocenters. The van der Waals surface area contributed by atoms with Gasteiger partial charge in [-0.15, -0.1) is 11.3 Å². The van der Waals surface area contributed by atoms with Crippen LogP contribution >= 0.6 is 11.3 Å². The van der Waals surface area contributed by atoms with Gasteiger partial charge in [-0.1, -0.05) is 12.1 Å². The summed E-state index contributed by atoms with van der Waals surface area (Å²) in [5, 5.41) is 7.22. The number of nitrogens with two attached hydrogens (primary N) is 1. The van der Waals surface area contributed by atoms with Crippen LogP contribution in [0.3, 0.4) is 0 Å². The first-order valence-electron chi connectivity index (χ1n) is 10.5. The molecule has 3 unspecified atom stereocenters. The van der Waals surface area contributed by atoms with Crippen molar-refractivity contribution in [2.75, 3.05) is 30.4 Å². The number of carbonyl (C=O) groups excluding carboxylic acids is 1. The first-order chi connectivity index (χ1) is 14.5. The molecule has 156 valence electrons. The fourth-order valence-electron chi connectivity index (χ4n) is 4.55. The summed E-state index contributed by atoms with van der Waals surface area (Å²) >= 11 is 1.44. The number of nitrogens with zero attached hydrogens (tertiary/aromatic N) is 2. The van der Waals surface area contributed by atoms with E-state index in [1.165, 1.54) is 29.0 Å². The van der Waals surface area contributed by atoms with E-state index in [1.807, 2.05) is 26.1 Å². The van der Waals surface area contributed by atoms with Crippen LogP contribution in [-0.4, -0.2) is 43.1 Å². The number of anilines is 2. The van der Waals surface area contributed by atoms with Gasteiger partial charge in [-0.3, -0.25) is 4.79 Å². The van der Waals surface area contributed by atoms with E-state index in [2.05, 4.69) is 44.8 Å². The number of nitrogens with one attached hydrogen (secondary N) is 2. The van der Waals surface area contributed by atoms with Gasteiger partial charge in [-0.2, -0.15) is 0 Å². The van der Waals surface area contributed by atoms with E-state index in [9.17, 15) is 4.79 Å². The van der Waals surface area contributed by atoms with Gasteiger partial charge in [0.25, 0.3) is 5.91 Å². The third-order valence-electron chi connectivity index (χ3n) is 6.28. The van der Waals surface area contributed by atoms with Gasteiger partial charge in [-0.05, 0) is 55.5 Å². The Labute approximate surface area is 180 Å². The summed E-state index contributed by atoms with van der Waals surface area (Å²) in [6.07, 6.45) is 2.03. The number of hydrogen-bond donors (Lipinski definition) is 3. The minimum absolute atomic E-state index is 0.0533. The number of aryl methyl sites for hydroxylation is 1. The minimum Gasteiger partial charge on any atom is -0.386 e. The van der Waals surface area contributed by atoms with Gasteiger partial charge in [0.1, 0.15) is 9.71 Å². The average Bonchev–Trinajstić information content (AvgIpc) is 3.36. The van der Waals surface area contributed by atoms with Crippen molar-refractivity contribution >= 4 is 38.8 Å². The van der Waals surface area contributed by atoms with E-state index in [0.717, 1.165) is 34.6 Å². The number of hydrogen-bond acceptors (Lipinski definition) is 6. The summed E-state index contributed by atoms with van der Waals surface area (Å²) in [6, 6.07) is 13.6. The van der Waals surface area contributed by atoms with Crippen molar-refractivity contribution in [2.24, 2.45) is 11.7 Å². The fourth-order valence-corrected chi connectivity index (χ4v) is 5.69. The standard InChI is InChI=1S/C23H27N5OS/c1-13-3-8-16-20(25-2)21(30-23(16)27-13)22(29)26-10-9-14-4-6-15(7-5-14)28-12-18(24)17-11-19(17)28/h3-8,17-19,25H,9-12,24H2,1-2H3,(H,26,29). The van der Waals surface area contributed by atoms with Crippen molar-refractivity contribution in [1.29, 1.82) is 0 Å². The monoisotopic (exact) mass is 421 g/mol. The molecule has 1 saturated carbocycles. The lowest BCUT2D eigenvalue weighted by Crippen LogP contribution is -2.31. The highest BCUT2D eigenvalue weighted by atomic mass is 32.1. The molecule has 1 aliphatic carbocycles. The molecule has 3 heterocycles. The van der Waals surface area contributed by atoms with Crippen molar-refractivity contribution in [3.8, 4) is 0 Å². The van der Waals surface area contributed by atoms with Crippen molar-refractivity contribution in [3.05, 3.63) is 52.5 Å². The van der Waals surface area contributed by atoms with E-state index in [-0.39, 0.29) is 5.91 Å². The normalized spacial score (nSPS) is 22.2. The number of aromatic nitrogens is 1. The van der Waals surface area contributed by atoms with E-state index in [0.29, 0.717) is 29.4 Å². The Morgan fingerprint density at radius 1 is 1.27 bits per heavy atom. The lowest BCUT2D eigenvalue weighted by Gasteiger charge is -2.22. The van der Waals surface area contributed by atoms with Crippen LogP contribution in [0, 0.1) is 12.8 Å². The third-order valence-corrected chi connectivity index (χ3v) is 7.38. The van der Waals surface area contributed by atoms with Gasteiger partial charge in [0.05, 0.1) is 5.69 Å². The molecule has 1 saturated heterocycles. The second-order valence-corrected chi connectivity index (χ2v) is 9.32. The van der Waals surface area contributed by atoms with Gasteiger partial charge < -0.3 is 21.3 Å². The SMILES string of the molecule is CNc1c(C(=O)NCCc2ccc(N3CC(N)C4CC43)cc2)sc2nc(C)ccc12. The molecule has 1 amide bonds. The predicted molar refractivity (Wildman–Crippen MR) is 124 cm³/mol. The molecule has 3 aromatic rings. The Hall–Kier alpha value is -2.64. The Bertz CT molecular complexity index is 1090. The summed E-state index contributed by atoms with van der Waals surface area (Å²) in [4.78, 5) is 21.4. The highest BCUT2D eigenvalue weighted by molar-refractivity contribution is 7.21. The molecule has 2 aliphatic rings. The van der Waals surface area contributed by atoms with Gasteiger partial charge in [0.15, 0.2) is 0 Å². The van der Waals surface area contributed by atoms with Crippen LogP contribution in [0.15, 0.2) is 36.4 Å². The fraction of sp³-hybridized carbons (Fsp3) is 0.391. The molecule has 2 fully saturated rings. The quantitative estimate of drug-likeness (QED) is 0.569. The second-order valence-electron chi connectivity index (χ2n) is 8.32. The van der Waals surface area contributed by atoms with Crippen LogP contribution in [0.2, 0.25) is 0 Å². The van der Waals surface area contributed by atoms with Crippen molar-refractivity contribution in [3.63, 3.8) is 0 Å². The zero-order valence-electron chi connectivity index (χ0n) is 17.3. The molecule has 30 heavy (non-hydrogen) atoms. The molecule has 4 N–H and O–H groups in total. The number of pyridine rings is 1. The van der Waals surface area contributed by atoms with E-state index < -0.39 is 0 Å². The number of thiophene rings is 1. The zero-order chi connectivity index (χ0) is 20.8. The number of fused-ring (bicyclic) bond motifs is 2. The van der Waals surface area contributed by atoms with Crippen molar-refractivity contribution in [1.82, 2.24) is 10.3 Å². The number of piperidine rings is 1. The molecular formula is C23H27N5OS. The van der Waals surface area contributed by atoms with Gasteiger partial charge in [-0.25, -0.2) is 4.98 Å². The highest BCUT2D eigenvalue weighted by Crippen LogP contribution is 2.45. The maximum absolute atomic E-state index is 12.8. The third kappa shape index (κ3) is 3.42.